The van der Waals surface area contributed by atoms with Crippen LogP contribution in [0.5, 0.6) is 0 Å². The second kappa shape index (κ2) is 4.95. The van der Waals surface area contributed by atoms with Crippen LogP contribution < -0.4 is 16.4 Å². The molecule has 1 heterocycles. The van der Waals surface area contributed by atoms with Crippen LogP contribution in [0.2, 0.25) is 0 Å². The molecule has 5 heteroatoms. The van der Waals surface area contributed by atoms with Crippen molar-refractivity contribution in [2.24, 2.45) is 11.7 Å². The maximum atomic E-state index is 11.5. The molecule has 0 radical (unpaired) electrons. The number of carbonyl (C=O) groups excluding carboxylic acids is 2. The number of carbonyl (C=O) groups is 2. The molecule has 2 atom stereocenters. The average molecular weight is 199 g/mol. The molecule has 1 aliphatic rings. The summed E-state index contributed by atoms with van der Waals surface area (Å²) in [7, 11) is 0. The van der Waals surface area contributed by atoms with E-state index < -0.39 is 0 Å². The quantitative estimate of drug-likeness (QED) is 0.541. The van der Waals surface area contributed by atoms with E-state index in [-0.39, 0.29) is 30.2 Å². The second-order valence-corrected chi connectivity index (χ2v) is 3.77. The van der Waals surface area contributed by atoms with Crippen LogP contribution in [-0.2, 0) is 9.59 Å². The smallest absolute Gasteiger partial charge is 0.224 e. The monoisotopic (exact) mass is 199 g/mol. The van der Waals surface area contributed by atoms with Crippen LogP contribution in [0, 0.1) is 5.92 Å². The lowest BCUT2D eigenvalue weighted by molar-refractivity contribution is -0.125. The van der Waals surface area contributed by atoms with E-state index in [4.69, 9.17) is 5.73 Å². The zero-order chi connectivity index (χ0) is 10.6. The van der Waals surface area contributed by atoms with Crippen LogP contribution in [0.25, 0.3) is 0 Å². The van der Waals surface area contributed by atoms with E-state index in [1.165, 1.54) is 0 Å². The predicted molar refractivity (Wildman–Crippen MR) is 52.4 cm³/mol. The molecule has 2 amide bonds. The minimum atomic E-state index is -0.387. The molecule has 1 fully saturated rings. The van der Waals surface area contributed by atoms with Crippen molar-refractivity contribution in [3.8, 4) is 0 Å². The second-order valence-electron chi connectivity index (χ2n) is 3.77. The lowest BCUT2D eigenvalue weighted by atomic mass is 10.1. The summed E-state index contributed by atoms with van der Waals surface area (Å²) in [6.07, 6.45) is 1.07. The molecule has 1 aliphatic heterocycles. The van der Waals surface area contributed by atoms with Gasteiger partial charge in [0, 0.05) is 19.0 Å². The number of nitrogens with one attached hydrogen (secondary N) is 2. The van der Waals surface area contributed by atoms with Crippen molar-refractivity contribution in [1.82, 2.24) is 10.6 Å². The third kappa shape index (κ3) is 3.33. The minimum absolute atomic E-state index is 0.0174. The van der Waals surface area contributed by atoms with Crippen molar-refractivity contribution >= 4 is 11.8 Å². The molecule has 1 rings (SSSR count). The maximum absolute atomic E-state index is 11.5. The van der Waals surface area contributed by atoms with Gasteiger partial charge in [0.25, 0.3) is 0 Å². The van der Waals surface area contributed by atoms with E-state index in [9.17, 15) is 9.59 Å². The highest BCUT2D eigenvalue weighted by Crippen LogP contribution is 2.07. The summed E-state index contributed by atoms with van der Waals surface area (Å²) < 4.78 is 0. The number of amides is 2. The normalized spacial score (nSPS) is 23.1. The molecule has 1 saturated heterocycles. The van der Waals surface area contributed by atoms with E-state index in [1.807, 2.05) is 0 Å². The van der Waals surface area contributed by atoms with Gasteiger partial charge in [-0.1, -0.05) is 0 Å². The fraction of sp³-hybridized carbons (Fsp3) is 0.778. The molecule has 0 aliphatic carbocycles. The van der Waals surface area contributed by atoms with Crippen LogP contribution in [0.15, 0.2) is 0 Å². The van der Waals surface area contributed by atoms with Crippen molar-refractivity contribution in [2.75, 3.05) is 13.1 Å². The first-order valence-corrected chi connectivity index (χ1v) is 4.89. The van der Waals surface area contributed by atoms with Gasteiger partial charge >= 0.3 is 0 Å². The Morgan fingerprint density at radius 2 is 2.36 bits per heavy atom. The maximum Gasteiger partial charge on any atom is 0.224 e. The van der Waals surface area contributed by atoms with Gasteiger partial charge in [-0.15, -0.1) is 0 Å². The van der Waals surface area contributed by atoms with Crippen molar-refractivity contribution in [3.05, 3.63) is 0 Å². The number of hydrogen-bond acceptors (Lipinski definition) is 3. The molecule has 4 N–H and O–H groups in total. The van der Waals surface area contributed by atoms with Crippen molar-refractivity contribution < 1.29 is 9.59 Å². The summed E-state index contributed by atoms with van der Waals surface area (Å²) in [4.78, 5) is 22.1. The summed E-state index contributed by atoms with van der Waals surface area (Å²) in [6.45, 7) is 3.41. The van der Waals surface area contributed by atoms with E-state index in [0.717, 1.165) is 19.5 Å². The van der Waals surface area contributed by atoms with Crippen molar-refractivity contribution in [3.63, 3.8) is 0 Å². The zero-order valence-corrected chi connectivity index (χ0v) is 8.38. The van der Waals surface area contributed by atoms with Crippen molar-refractivity contribution in [2.45, 2.75) is 25.8 Å². The summed E-state index contributed by atoms with van der Waals surface area (Å²) in [5.41, 5.74) is 5.02. The van der Waals surface area contributed by atoms with Crippen LogP contribution in [0.3, 0.4) is 0 Å². The van der Waals surface area contributed by atoms with Gasteiger partial charge in [0.2, 0.25) is 11.8 Å². The topological polar surface area (TPSA) is 84.2 Å². The van der Waals surface area contributed by atoms with E-state index in [0.29, 0.717) is 0 Å². The highest BCUT2D eigenvalue weighted by molar-refractivity contribution is 5.81. The summed E-state index contributed by atoms with van der Waals surface area (Å²) in [6, 6.07) is -0.166. The zero-order valence-electron chi connectivity index (χ0n) is 8.38. The van der Waals surface area contributed by atoms with Gasteiger partial charge in [-0.3, -0.25) is 9.59 Å². The van der Waals surface area contributed by atoms with E-state index >= 15 is 0 Å². The number of hydrogen-bond donors (Lipinski definition) is 3. The minimum Gasteiger partial charge on any atom is -0.370 e. The molecule has 2 unspecified atom stereocenters. The Morgan fingerprint density at radius 3 is 2.86 bits per heavy atom. The average Bonchev–Trinajstić information content (AvgIpc) is 2.53. The summed E-state index contributed by atoms with van der Waals surface area (Å²) in [5.74, 6) is -0.323. The lowest BCUT2D eigenvalue weighted by Gasteiger charge is -2.14. The molecular formula is C9H17N3O2. The number of nitrogens with two attached hydrogens (primary N) is 1. The number of primary amides is 1. The van der Waals surface area contributed by atoms with E-state index in [1.54, 1.807) is 6.92 Å². The molecule has 0 spiro atoms. The summed E-state index contributed by atoms with van der Waals surface area (Å²) in [5, 5.41) is 5.89. The van der Waals surface area contributed by atoms with Crippen molar-refractivity contribution in [1.29, 1.82) is 0 Å². The first-order valence-electron chi connectivity index (χ1n) is 4.89. The van der Waals surface area contributed by atoms with Gasteiger partial charge in [-0.05, 0) is 19.9 Å². The Hall–Kier alpha value is -1.10. The molecule has 80 valence electrons. The number of rotatable bonds is 4. The Balaban J connectivity index is 2.28. The third-order valence-corrected chi connectivity index (χ3v) is 2.33. The highest BCUT2D eigenvalue weighted by Gasteiger charge is 2.23. The van der Waals surface area contributed by atoms with E-state index in [2.05, 4.69) is 10.6 Å². The Bertz CT molecular complexity index is 224. The Kier molecular flexibility index (Phi) is 3.88. The van der Waals surface area contributed by atoms with Gasteiger partial charge in [0.1, 0.15) is 0 Å². The predicted octanol–water partition coefficient (Wildman–Crippen LogP) is -1.02. The van der Waals surface area contributed by atoms with Crippen LogP contribution in [0.1, 0.15) is 19.8 Å². The molecule has 5 nitrogen and oxygen atoms in total. The fourth-order valence-electron chi connectivity index (χ4n) is 1.59. The first-order chi connectivity index (χ1) is 6.59. The Labute approximate surface area is 83.4 Å². The standard InChI is InChI=1S/C9H17N3O2/c1-6(4-8(10)13)12-9(14)7-2-3-11-5-7/h6-7,11H,2-5H2,1H3,(H2,10,13)(H,12,14). The first kappa shape index (κ1) is 11.0. The molecule has 0 saturated carbocycles. The van der Waals surface area contributed by atoms with Gasteiger partial charge < -0.3 is 16.4 Å². The van der Waals surface area contributed by atoms with Gasteiger partial charge in [-0.2, -0.15) is 0 Å². The molecule has 0 aromatic carbocycles. The molecule has 14 heavy (non-hydrogen) atoms. The van der Waals surface area contributed by atoms with Gasteiger partial charge in [-0.25, -0.2) is 0 Å². The Morgan fingerprint density at radius 1 is 1.64 bits per heavy atom. The van der Waals surface area contributed by atoms with Crippen LogP contribution >= 0.6 is 0 Å². The van der Waals surface area contributed by atoms with Gasteiger partial charge in [0.05, 0.1) is 5.92 Å². The molecule has 0 aromatic rings. The highest BCUT2D eigenvalue weighted by atomic mass is 16.2. The van der Waals surface area contributed by atoms with Crippen LogP contribution in [0.4, 0.5) is 0 Å². The largest absolute Gasteiger partial charge is 0.370 e. The third-order valence-electron chi connectivity index (χ3n) is 2.33. The summed E-state index contributed by atoms with van der Waals surface area (Å²) >= 11 is 0. The van der Waals surface area contributed by atoms with Gasteiger partial charge in [0.15, 0.2) is 0 Å². The molecule has 0 aromatic heterocycles. The lowest BCUT2D eigenvalue weighted by Crippen LogP contribution is -2.39. The molecular weight excluding hydrogens is 182 g/mol. The fourth-order valence-corrected chi connectivity index (χ4v) is 1.59. The van der Waals surface area contributed by atoms with Crippen LogP contribution in [-0.4, -0.2) is 30.9 Å². The molecule has 0 bridgehead atoms. The SMILES string of the molecule is CC(CC(N)=O)NC(=O)C1CCNC1.